The van der Waals surface area contributed by atoms with Crippen LogP contribution in [-0.4, -0.2) is 55.8 Å². The van der Waals surface area contributed by atoms with Crippen LogP contribution >= 0.6 is 0 Å². The zero-order valence-electron chi connectivity index (χ0n) is 17.4. The van der Waals surface area contributed by atoms with Gasteiger partial charge in [-0.1, -0.05) is 5.21 Å². The molecule has 0 atom stereocenters. The highest BCUT2D eigenvalue weighted by Gasteiger charge is 2.32. The number of nitrogens with one attached hydrogen (secondary N) is 2. The molecule has 0 radical (unpaired) electrons. The van der Waals surface area contributed by atoms with Crippen LogP contribution < -0.4 is 15.4 Å². The van der Waals surface area contributed by atoms with E-state index in [9.17, 15) is 4.79 Å². The molecule has 1 aliphatic carbocycles. The third-order valence-electron chi connectivity index (χ3n) is 4.70. The molecule has 30 heavy (non-hydrogen) atoms. The lowest BCUT2D eigenvalue weighted by atomic mass is 9.87. The summed E-state index contributed by atoms with van der Waals surface area (Å²) in [6.45, 7) is 5.53. The largest absolute Gasteiger partial charge is 0.497 e. The van der Waals surface area contributed by atoms with Crippen molar-refractivity contribution >= 4 is 23.2 Å². The average molecular weight is 411 g/mol. The quantitative estimate of drug-likeness (QED) is 0.658. The average Bonchev–Trinajstić information content (AvgIpc) is 3.08. The zero-order valence-corrected chi connectivity index (χ0v) is 17.4. The molecule has 1 aliphatic rings. The molecule has 1 saturated carbocycles. The van der Waals surface area contributed by atoms with Crippen molar-refractivity contribution in [2.45, 2.75) is 51.3 Å². The second-order valence-electron chi connectivity index (χ2n) is 8.26. The number of carbonyl (C=O) groups excluding carboxylic acids is 1. The Hall–Kier alpha value is -3.43. The van der Waals surface area contributed by atoms with Crippen molar-refractivity contribution in [2.24, 2.45) is 0 Å². The van der Waals surface area contributed by atoms with Gasteiger partial charge in [-0.15, -0.1) is 5.10 Å². The van der Waals surface area contributed by atoms with E-state index >= 15 is 0 Å². The van der Waals surface area contributed by atoms with Crippen molar-refractivity contribution in [1.82, 2.24) is 30.3 Å². The van der Waals surface area contributed by atoms with Crippen LogP contribution in [0.25, 0.3) is 16.9 Å². The Morgan fingerprint density at radius 1 is 1.17 bits per heavy atom. The first-order valence-electron chi connectivity index (χ1n) is 9.79. The zero-order chi connectivity index (χ0) is 21.3. The van der Waals surface area contributed by atoms with Gasteiger partial charge >= 0.3 is 6.09 Å². The Bertz CT molecular complexity index is 1040. The van der Waals surface area contributed by atoms with Gasteiger partial charge in [-0.2, -0.15) is 9.67 Å². The Labute approximate surface area is 174 Å². The lowest BCUT2D eigenvalue weighted by molar-refractivity contribution is 0.0475. The number of aromatic nitrogens is 5. The summed E-state index contributed by atoms with van der Waals surface area (Å²) in [7, 11) is 1.62. The van der Waals surface area contributed by atoms with E-state index in [1.54, 1.807) is 18.0 Å². The van der Waals surface area contributed by atoms with E-state index in [2.05, 4.69) is 30.9 Å². The Kier molecular flexibility index (Phi) is 5.15. The summed E-state index contributed by atoms with van der Waals surface area (Å²) < 4.78 is 12.1. The highest BCUT2D eigenvalue weighted by atomic mass is 16.6. The number of ether oxygens (including phenoxy) is 2. The maximum Gasteiger partial charge on any atom is 0.407 e. The summed E-state index contributed by atoms with van der Waals surface area (Å²) in [5.41, 5.74) is 1.54. The summed E-state index contributed by atoms with van der Waals surface area (Å²) in [5.74, 6) is 1.26. The van der Waals surface area contributed by atoms with E-state index in [4.69, 9.17) is 9.47 Å². The second kappa shape index (κ2) is 7.77. The predicted molar refractivity (Wildman–Crippen MR) is 111 cm³/mol. The van der Waals surface area contributed by atoms with E-state index in [-0.39, 0.29) is 12.1 Å². The highest BCUT2D eigenvalue weighted by Crippen LogP contribution is 2.24. The van der Waals surface area contributed by atoms with Crippen LogP contribution in [0.15, 0.2) is 30.5 Å². The summed E-state index contributed by atoms with van der Waals surface area (Å²) in [5, 5.41) is 14.5. The molecule has 3 aromatic rings. The smallest absolute Gasteiger partial charge is 0.407 e. The fourth-order valence-electron chi connectivity index (χ4n) is 3.21. The third-order valence-corrected chi connectivity index (χ3v) is 4.70. The summed E-state index contributed by atoms with van der Waals surface area (Å²) in [6, 6.07) is 7.74. The van der Waals surface area contributed by atoms with E-state index in [1.165, 1.54) is 0 Å². The minimum atomic E-state index is -0.504. The lowest BCUT2D eigenvalue weighted by Gasteiger charge is -2.36. The lowest BCUT2D eigenvalue weighted by Crippen LogP contribution is -2.50. The van der Waals surface area contributed by atoms with E-state index in [0.717, 1.165) is 24.3 Å². The van der Waals surface area contributed by atoms with E-state index in [1.807, 2.05) is 45.0 Å². The SMILES string of the molecule is COc1ccc(-n2nnc3cnc(NC4CC(NC(=O)OC(C)(C)C)C4)nc32)cc1. The molecule has 2 N–H and O–H groups in total. The first kappa shape index (κ1) is 19.9. The molecular formula is C20H25N7O3. The molecule has 0 unspecified atom stereocenters. The molecule has 1 fully saturated rings. The number of anilines is 1. The molecule has 0 spiro atoms. The van der Waals surface area contributed by atoms with Gasteiger partial charge in [-0.25, -0.2) is 9.78 Å². The number of carbonyl (C=O) groups is 1. The topological polar surface area (TPSA) is 116 Å². The van der Waals surface area contributed by atoms with Crippen molar-refractivity contribution in [1.29, 1.82) is 0 Å². The van der Waals surface area contributed by atoms with Gasteiger partial charge in [0.05, 0.1) is 19.0 Å². The summed E-state index contributed by atoms with van der Waals surface area (Å²) in [4.78, 5) is 20.8. The van der Waals surface area contributed by atoms with Crippen molar-refractivity contribution in [2.75, 3.05) is 12.4 Å². The first-order valence-corrected chi connectivity index (χ1v) is 9.79. The summed E-state index contributed by atoms with van der Waals surface area (Å²) >= 11 is 0. The van der Waals surface area contributed by atoms with Gasteiger partial charge in [0.15, 0.2) is 11.2 Å². The molecule has 158 valence electrons. The summed E-state index contributed by atoms with van der Waals surface area (Å²) in [6.07, 6.45) is 2.80. The van der Waals surface area contributed by atoms with Gasteiger partial charge in [-0.3, -0.25) is 0 Å². The fraction of sp³-hybridized carbons (Fsp3) is 0.450. The minimum absolute atomic E-state index is 0.0765. The number of fused-ring (bicyclic) bond motifs is 1. The van der Waals surface area contributed by atoms with Crippen LogP contribution in [-0.2, 0) is 4.74 Å². The van der Waals surface area contributed by atoms with Crippen LogP contribution in [0.2, 0.25) is 0 Å². The number of amides is 1. The number of nitrogens with zero attached hydrogens (tertiary/aromatic N) is 5. The Balaban J connectivity index is 1.39. The maximum absolute atomic E-state index is 11.9. The van der Waals surface area contributed by atoms with Crippen LogP contribution in [0.1, 0.15) is 33.6 Å². The van der Waals surface area contributed by atoms with Crippen LogP contribution in [0.5, 0.6) is 5.75 Å². The van der Waals surface area contributed by atoms with Crippen LogP contribution in [0, 0.1) is 0 Å². The Morgan fingerprint density at radius 3 is 2.57 bits per heavy atom. The van der Waals surface area contributed by atoms with Crippen LogP contribution in [0.3, 0.4) is 0 Å². The normalized spacial score (nSPS) is 18.5. The molecule has 1 aromatic carbocycles. The number of benzene rings is 1. The van der Waals surface area contributed by atoms with Gasteiger partial charge in [0, 0.05) is 12.1 Å². The number of alkyl carbamates (subject to hydrolysis) is 1. The van der Waals surface area contributed by atoms with Crippen molar-refractivity contribution in [3.63, 3.8) is 0 Å². The fourth-order valence-corrected chi connectivity index (χ4v) is 3.21. The van der Waals surface area contributed by atoms with Gasteiger partial charge in [0.25, 0.3) is 0 Å². The van der Waals surface area contributed by atoms with E-state index < -0.39 is 11.7 Å². The van der Waals surface area contributed by atoms with Crippen molar-refractivity contribution in [3.05, 3.63) is 30.5 Å². The van der Waals surface area contributed by atoms with Gasteiger partial charge in [0.1, 0.15) is 11.4 Å². The van der Waals surface area contributed by atoms with Gasteiger partial charge < -0.3 is 20.1 Å². The van der Waals surface area contributed by atoms with E-state index in [0.29, 0.717) is 17.1 Å². The number of hydrogen-bond donors (Lipinski definition) is 2. The molecule has 0 bridgehead atoms. The number of methoxy groups -OCH3 is 1. The van der Waals surface area contributed by atoms with Crippen LogP contribution in [0.4, 0.5) is 10.7 Å². The molecule has 0 saturated heterocycles. The number of hydrogen-bond acceptors (Lipinski definition) is 8. The highest BCUT2D eigenvalue weighted by molar-refractivity contribution is 5.72. The molecule has 2 aromatic heterocycles. The standard InChI is InChI=1S/C20H25N7O3/c1-20(2,3)30-19(28)23-13-9-12(10-13)22-18-21-11-16-17(24-18)27(26-25-16)14-5-7-15(29-4)8-6-14/h5-8,11-13H,9-10H2,1-4H3,(H,23,28)(H,21,22,24). The molecule has 0 aliphatic heterocycles. The molecular weight excluding hydrogens is 386 g/mol. The second-order valence-corrected chi connectivity index (χ2v) is 8.26. The maximum atomic E-state index is 11.9. The third kappa shape index (κ3) is 4.42. The molecule has 4 rings (SSSR count). The molecule has 10 nitrogen and oxygen atoms in total. The molecule has 10 heteroatoms. The monoisotopic (exact) mass is 411 g/mol. The number of rotatable bonds is 5. The van der Waals surface area contributed by atoms with Gasteiger partial charge in [-0.05, 0) is 57.9 Å². The first-order chi connectivity index (χ1) is 14.3. The van der Waals surface area contributed by atoms with Crippen molar-refractivity contribution in [3.8, 4) is 11.4 Å². The van der Waals surface area contributed by atoms with Crippen molar-refractivity contribution < 1.29 is 14.3 Å². The Morgan fingerprint density at radius 2 is 1.90 bits per heavy atom. The molecule has 1 amide bonds. The minimum Gasteiger partial charge on any atom is -0.497 e. The van der Waals surface area contributed by atoms with Gasteiger partial charge in [0.2, 0.25) is 5.95 Å². The predicted octanol–water partition coefficient (Wildman–Crippen LogP) is 2.69. The molecule has 2 heterocycles.